The molecule has 1 fully saturated rings. The van der Waals surface area contributed by atoms with Crippen LogP contribution in [-0.2, 0) is 16.9 Å². The van der Waals surface area contributed by atoms with E-state index in [-0.39, 0.29) is 11.9 Å². The molecule has 0 unspecified atom stereocenters. The molecule has 3 rings (SSSR count). The standard InChI is InChI=1S/C15H20ClN5O/c1-15(2,21-10-12(16)9-18-21)14(22)20-8-3-5-13(20)11-19-7-4-6-17-19/h4,6-7,9-10,13H,3,5,8,11H2,1-2H3/t13-/m1/s1. The predicted octanol–water partition coefficient (Wildman–Crippen LogP) is 2.16. The summed E-state index contributed by atoms with van der Waals surface area (Å²) in [4.78, 5) is 15.0. The Morgan fingerprint density at radius 3 is 2.91 bits per heavy atom. The van der Waals surface area contributed by atoms with Gasteiger partial charge in [0, 0.05) is 25.1 Å². The Bertz CT molecular complexity index is 649. The Hall–Kier alpha value is -1.82. The minimum Gasteiger partial charge on any atom is -0.336 e. The Morgan fingerprint density at radius 1 is 1.45 bits per heavy atom. The Kier molecular flexibility index (Phi) is 3.95. The zero-order valence-electron chi connectivity index (χ0n) is 12.8. The molecule has 118 valence electrons. The van der Waals surface area contributed by atoms with Gasteiger partial charge < -0.3 is 4.90 Å². The van der Waals surface area contributed by atoms with Crippen LogP contribution in [0, 0.1) is 0 Å². The highest BCUT2D eigenvalue weighted by atomic mass is 35.5. The summed E-state index contributed by atoms with van der Waals surface area (Å²) >= 11 is 5.93. The number of hydrogen-bond acceptors (Lipinski definition) is 3. The minimum absolute atomic E-state index is 0.0712. The lowest BCUT2D eigenvalue weighted by Gasteiger charge is -2.33. The maximum Gasteiger partial charge on any atom is 0.250 e. The average molecular weight is 322 g/mol. The quantitative estimate of drug-likeness (QED) is 0.867. The Labute approximate surface area is 134 Å². The van der Waals surface area contributed by atoms with Crippen molar-refractivity contribution in [3.8, 4) is 0 Å². The van der Waals surface area contributed by atoms with Crippen molar-refractivity contribution in [2.75, 3.05) is 6.54 Å². The van der Waals surface area contributed by atoms with Crippen LogP contribution in [0.15, 0.2) is 30.9 Å². The molecule has 3 heterocycles. The summed E-state index contributed by atoms with van der Waals surface area (Å²) in [6.45, 7) is 5.27. The highest BCUT2D eigenvalue weighted by Crippen LogP contribution is 2.26. The molecular formula is C15H20ClN5O. The molecule has 0 radical (unpaired) electrons. The van der Waals surface area contributed by atoms with Gasteiger partial charge in [-0.05, 0) is 32.8 Å². The largest absolute Gasteiger partial charge is 0.336 e. The number of carbonyl (C=O) groups is 1. The summed E-state index contributed by atoms with van der Waals surface area (Å²) in [6.07, 6.45) is 8.96. The molecule has 0 bridgehead atoms. The van der Waals surface area contributed by atoms with Crippen molar-refractivity contribution >= 4 is 17.5 Å². The Morgan fingerprint density at radius 2 is 2.27 bits per heavy atom. The smallest absolute Gasteiger partial charge is 0.250 e. The molecule has 0 spiro atoms. The fraction of sp³-hybridized carbons (Fsp3) is 0.533. The normalized spacial score (nSPS) is 18.9. The van der Waals surface area contributed by atoms with Crippen LogP contribution in [0.2, 0.25) is 5.02 Å². The van der Waals surface area contributed by atoms with E-state index < -0.39 is 5.54 Å². The number of rotatable bonds is 4. The average Bonchev–Trinajstić information content (AvgIpc) is 3.20. The molecule has 1 aliphatic rings. The minimum atomic E-state index is -0.750. The van der Waals surface area contributed by atoms with Gasteiger partial charge in [-0.25, -0.2) is 0 Å². The molecule has 0 aliphatic carbocycles. The van der Waals surface area contributed by atoms with Gasteiger partial charge in [0.15, 0.2) is 0 Å². The fourth-order valence-corrected chi connectivity index (χ4v) is 3.11. The summed E-state index contributed by atoms with van der Waals surface area (Å²) in [5.41, 5.74) is -0.750. The summed E-state index contributed by atoms with van der Waals surface area (Å²) in [5, 5.41) is 8.98. The molecule has 0 saturated carbocycles. The second kappa shape index (κ2) is 5.76. The van der Waals surface area contributed by atoms with E-state index in [0.29, 0.717) is 5.02 Å². The summed E-state index contributed by atoms with van der Waals surface area (Å²) in [6, 6.07) is 2.08. The first-order valence-corrected chi connectivity index (χ1v) is 7.85. The van der Waals surface area contributed by atoms with E-state index in [1.54, 1.807) is 23.3 Å². The first-order chi connectivity index (χ1) is 10.5. The van der Waals surface area contributed by atoms with E-state index in [1.807, 2.05) is 35.7 Å². The van der Waals surface area contributed by atoms with Crippen molar-refractivity contribution in [3.63, 3.8) is 0 Å². The zero-order valence-corrected chi connectivity index (χ0v) is 13.6. The predicted molar refractivity (Wildman–Crippen MR) is 83.5 cm³/mol. The van der Waals surface area contributed by atoms with Gasteiger partial charge in [0.25, 0.3) is 0 Å². The van der Waals surface area contributed by atoms with Crippen LogP contribution in [0.5, 0.6) is 0 Å². The van der Waals surface area contributed by atoms with Crippen LogP contribution < -0.4 is 0 Å². The number of nitrogens with zero attached hydrogens (tertiary/aromatic N) is 5. The van der Waals surface area contributed by atoms with E-state index in [4.69, 9.17) is 11.6 Å². The molecule has 2 aromatic heterocycles. The SMILES string of the molecule is CC(C)(C(=O)N1CCC[C@@H]1Cn1cccn1)n1cc(Cl)cn1. The third-order valence-electron chi connectivity index (χ3n) is 4.24. The van der Waals surface area contributed by atoms with Crippen molar-refractivity contribution < 1.29 is 4.79 Å². The van der Waals surface area contributed by atoms with Crippen molar-refractivity contribution in [2.45, 2.75) is 44.8 Å². The van der Waals surface area contributed by atoms with E-state index in [2.05, 4.69) is 10.2 Å². The Balaban J connectivity index is 1.78. The number of hydrogen-bond donors (Lipinski definition) is 0. The third kappa shape index (κ3) is 2.75. The van der Waals surface area contributed by atoms with E-state index in [9.17, 15) is 4.79 Å². The maximum absolute atomic E-state index is 13.0. The fourth-order valence-electron chi connectivity index (χ4n) is 2.97. The lowest BCUT2D eigenvalue weighted by Crippen LogP contribution is -2.50. The van der Waals surface area contributed by atoms with Gasteiger partial charge in [-0.2, -0.15) is 10.2 Å². The molecule has 1 saturated heterocycles. The molecule has 2 aromatic rings. The van der Waals surface area contributed by atoms with Gasteiger partial charge >= 0.3 is 0 Å². The van der Waals surface area contributed by atoms with Crippen LogP contribution in [0.1, 0.15) is 26.7 Å². The van der Waals surface area contributed by atoms with Crippen LogP contribution in [0.4, 0.5) is 0 Å². The number of likely N-dealkylation sites (tertiary alicyclic amines) is 1. The summed E-state index contributed by atoms with van der Waals surface area (Å²) < 4.78 is 3.52. The molecule has 22 heavy (non-hydrogen) atoms. The van der Waals surface area contributed by atoms with Gasteiger partial charge in [0.05, 0.1) is 23.8 Å². The molecule has 7 heteroatoms. The number of carbonyl (C=O) groups excluding carboxylic acids is 1. The van der Waals surface area contributed by atoms with Gasteiger partial charge in [0.1, 0.15) is 5.54 Å². The van der Waals surface area contributed by atoms with Crippen LogP contribution in [0.3, 0.4) is 0 Å². The van der Waals surface area contributed by atoms with E-state index in [1.165, 1.54) is 0 Å². The number of halogens is 1. The topological polar surface area (TPSA) is 56.0 Å². The molecular weight excluding hydrogens is 302 g/mol. The van der Waals surface area contributed by atoms with Crippen LogP contribution in [0.25, 0.3) is 0 Å². The monoisotopic (exact) mass is 321 g/mol. The summed E-state index contributed by atoms with van der Waals surface area (Å²) in [5.74, 6) is 0.0712. The molecule has 6 nitrogen and oxygen atoms in total. The number of amides is 1. The van der Waals surface area contributed by atoms with Crippen molar-refractivity contribution in [2.24, 2.45) is 0 Å². The zero-order chi connectivity index (χ0) is 15.7. The van der Waals surface area contributed by atoms with E-state index >= 15 is 0 Å². The first-order valence-electron chi connectivity index (χ1n) is 7.47. The lowest BCUT2D eigenvalue weighted by molar-refractivity contribution is -0.140. The maximum atomic E-state index is 13.0. The molecule has 1 atom stereocenters. The third-order valence-corrected chi connectivity index (χ3v) is 4.44. The highest BCUT2D eigenvalue weighted by Gasteiger charge is 2.39. The summed E-state index contributed by atoms with van der Waals surface area (Å²) in [7, 11) is 0. The molecule has 0 N–H and O–H groups in total. The second-order valence-corrected chi connectivity index (χ2v) is 6.62. The van der Waals surface area contributed by atoms with Crippen LogP contribution in [-0.4, -0.2) is 43.0 Å². The van der Waals surface area contributed by atoms with Gasteiger partial charge in [-0.1, -0.05) is 11.6 Å². The van der Waals surface area contributed by atoms with Crippen molar-refractivity contribution in [1.29, 1.82) is 0 Å². The van der Waals surface area contributed by atoms with Gasteiger partial charge in [-0.3, -0.25) is 14.2 Å². The van der Waals surface area contributed by atoms with Gasteiger partial charge in [0.2, 0.25) is 5.91 Å². The highest BCUT2D eigenvalue weighted by molar-refractivity contribution is 6.30. The second-order valence-electron chi connectivity index (χ2n) is 6.18. The first kappa shape index (κ1) is 15.1. The van der Waals surface area contributed by atoms with Crippen molar-refractivity contribution in [1.82, 2.24) is 24.5 Å². The lowest BCUT2D eigenvalue weighted by atomic mass is 10.0. The number of aromatic nitrogens is 4. The molecule has 1 amide bonds. The van der Waals surface area contributed by atoms with E-state index in [0.717, 1.165) is 25.9 Å². The molecule has 0 aromatic carbocycles. The molecule has 1 aliphatic heterocycles. The van der Waals surface area contributed by atoms with Crippen molar-refractivity contribution in [3.05, 3.63) is 35.9 Å². The van der Waals surface area contributed by atoms with Crippen LogP contribution >= 0.6 is 11.6 Å². The van der Waals surface area contributed by atoms with Gasteiger partial charge in [-0.15, -0.1) is 0 Å².